The van der Waals surface area contributed by atoms with E-state index in [0.717, 1.165) is 12.8 Å². The first-order chi connectivity index (χ1) is 9.55. The number of carbonyl (C=O) groups is 1. The highest BCUT2D eigenvalue weighted by atomic mass is 28.4. The molecule has 0 aliphatic heterocycles. The smallest absolute Gasteiger partial charge is 0.309 e. The van der Waals surface area contributed by atoms with E-state index in [1.54, 1.807) is 0 Å². The highest BCUT2D eigenvalue weighted by Gasteiger charge is 2.43. The van der Waals surface area contributed by atoms with Crippen molar-refractivity contribution in [1.29, 1.82) is 0 Å². The summed E-state index contributed by atoms with van der Waals surface area (Å²) in [5.41, 5.74) is 0. The van der Waals surface area contributed by atoms with Crippen LogP contribution in [-0.4, -0.2) is 28.6 Å². The minimum Gasteiger partial charge on any atom is -0.518 e. The van der Waals surface area contributed by atoms with Crippen LogP contribution in [0.2, 0.25) is 36.3 Å². The number of rotatable bonds is 6. The van der Waals surface area contributed by atoms with Gasteiger partial charge >= 0.3 is 5.97 Å². The molecule has 0 aromatic rings. The molecule has 0 aromatic carbocycles. The monoisotopic (exact) mass is 345 g/mol. The van der Waals surface area contributed by atoms with Crippen molar-refractivity contribution in [1.82, 2.24) is 4.98 Å². The molecule has 0 spiro atoms. The average molecular weight is 346 g/mol. The topological polar surface area (TPSA) is 38.3 Å². The summed E-state index contributed by atoms with van der Waals surface area (Å²) < 4.78 is 6.04. The van der Waals surface area contributed by atoms with Gasteiger partial charge in [-0.05, 0) is 29.6 Å². The third-order valence-corrected chi connectivity index (χ3v) is 14.6. The van der Waals surface area contributed by atoms with Crippen LogP contribution < -0.4 is 4.98 Å². The molecule has 0 aromatic heterocycles. The molecular formula is C17H39NO2Si2. The summed E-state index contributed by atoms with van der Waals surface area (Å²) in [4.78, 5) is 16.5. The predicted octanol–water partition coefficient (Wildman–Crippen LogP) is 5.30. The molecule has 0 rings (SSSR count). The molecule has 0 saturated heterocycles. The highest BCUT2D eigenvalue weighted by Crippen LogP contribution is 2.37. The van der Waals surface area contributed by atoms with Gasteiger partial charge < -0.3 is 9.41 Å². The Balaban J connectivity index is 5.16. The Kier molecular flexibility index (Phi) is 7.13. The fourth-order valence-corrected chi connectivity index (χ4v) is 4.18. The molecule has 0 aliphatic rings. The van der Waals surface area contributed by atoms with Gasteiger partial charge in [0.25, 0.3) is 8.32 Å². The van der Waals surface area contributed by atoms with Gasteiger partial charge in [0.15, 0.2) is 0 Å². The Hall–Kier alpha value is -0.136. The summed E-state index contributed by atoms with van der Waals surface area (Å²) >= 11 is 0. The summed E-state index contributed by atoms with van der Waals surface area (Å²) in [7, 11) is -3.78. The Morgan fingerprint density at radius 1 is 1.00 bits per heavy atom. The second kappa shape index (κ2) is 7.18. The zero-order valence-corrected chi connectivity index (χ0v) is 18.8. The van der Waals surface area contributed by atoms with E-state index >= 15 is 0 Å². The summed E-state index contributed by atoms with van der Waals surface area (Å²) in [6, 6.07) is -0.167. The van der Waals surface area contributed by atoms with Crippen molar-refractivity contribution >= 4 is 22.5 Å². The van der Waals surface area contributed by atoms with Gasteiger partial charge in [-0.2, -0.15) is 0 Å². The SMILES string of the molecule is CCC[C@H](N[Si](C)(C)C(C)(C)C)C(=O)O[Si](C)(C)C(C)(C)C. The lowest BCUT2D eigenvalue weighted by atomic mass is 10.2. The van der Waals surface area contributed by atoms with Crippen LogP contribution in [-0.2, 0) is 9.22 Å². The quantitative estimate of drug-likeness (QED) is 0.664. The molecule has 22 heavy (non-hydrogen) atoms. The summed E-state index contributed by atoms with van der Waals surface area (Å²) in [5, 5.41) is 0.257. The maximum Gasteiger partial charge on any atom is 0.309 e. The average Bonchev–Trinajstić information content (AvgIpc) is 2.24. The first-order valence-corrected chi connectivity index (χ1v) is 14.5. The van der Waals surface area contributed by atoms with Gasteiger partial charge in [-0.3, -0.25) is 4.79 Å². The molecule has 0 saturated carbocycles. The van der Waals surface area contributed by atoms with Crippen LogP contribution in [0.3, 0.4) is 0 Å². The molecular weight excluding hydrogens is 306 g/mol. The molecule has 0 bridgehead atoms. The molecule has 132 valence electrons. The summed E-state index contributed by atoms with van der Waals surface area (Å²) in [6.07, 6.45) is 1.83. The van der Waals surface area contributed by atoms with Crippen LogP contribution in [0.1, 0.15) is 61.3 Å². The van der Waals surface area contributed by atoms with E-state index in [1.165, 1.54) is 0 Å². The van der Waals surface area contributed by atoms with Gasteiger partial charge in [-0.1, -0.05) is 68.0 Å². The molecule has 3 nitrogen and oxygen atoms in total. The Morgan fingerprint density at radius 2 is 1.45 bits per heavy atom. The standard InChI is InChI=1S/C17H39NO2Si2/c1-12-13-14(18-21(8,9)16(2,3)4)15(19)20-22(10,11)17(5,6)7/h14,18H,12-13H2,1-11H3/t14-/m0/s1. The molecule has 0 unspecified atom stereocenters. The number of nitrogens with one attached hydrogen (secondary N) is 1. The van der Waals surface area contributed by atoms with E-state index in [-0.39, 0.29) is 22.1 Å². The third-order valence-electron chi connectivity index (χ3n) is 5.43. The van der Waals surface area contributed by atoms with Gasteiger partial charge in [-0.25, -0.2) is 0 Å². The van der Waals surface area contributed by atoms with E-state index in [9.17, 15) is 4.79 Å². The van der Waals surface area contributed by atoms with Gasteiger partial charge in [0.2, 0.25) is 0 Å². The molecule has 0 heterocycles. The maximum atomic E-state index is 12.8. The van der Waals surface area contributed by atoms with Crippen molar-refractivity contribution < 1.29 is 9.22 Å². The summed E-state index contributed by atoms with van der Waals surface area (Å²) in [6.45, 7) is 24.3. The third kappa shape index (κ3) is 5.82. The number of carbonyl (C=O) groups excluding carboxylic acids is 1. The maximum absolute atomic E-state index is 12.8. The van der Waals surface area contributed by atoms with Crippen molar-refractivity contribution in [2.45, 2.75) is 104 Å². The van der Waals surface area contributed by atoms with Crippen LogP contribution in [0, 0.1) is 0 Å². The van der Waals surface area contributed by atoms with Crippen LogP contribution >= 0.6 is 0 Å². The van der Waals surface area contributed by atoms with Gasteiger partial charge in [-0.15, -0.1) is 0 Å². The van der Waals surface area contributed by atoms with Crippen LogP contribution in [0.25, 0.3) is 0 Å². The van der Waals surface area contributed by atoms with E-state index in [0.29, 0.717) is 0 Å². The lowest BCUT2D eigenvalue weighted by Gasteiger charge is -2.41. The zero-order valence-electron chi connectivity index (χ0n) is 16.8. The highest BCUT2D eigenvalue weighted by molar-refractivity contribution is 6.78. The van der Waals surface area contributed by atoms with Gasteiger partial charge in [0, 0.05) is 0 Å². The minimum absolute atomic E-state index is 0.0433. The van der Waals surface area contributed by atoms with Crippen LogP contribution in [0.4, 0.5) is 0 Å². The zero-order chi connectivity index (χ0) is 18.0. The predicted molar refractivity (Wildman–Crippen MR) is 102 cm³/mol. The van der Waals surface area contributed by atoms with Gasteiger partial charge in [0.05, 0.1) is 6.04 Å². The molecule has 0 radical (unpaired) electrons. The van der Waals surface area contributed by atoms with Crippen molar-refractivity contribution in [3.05, 3.63) is 0 Å². The minimum atomic E-state index is -2.06. The molecule has 1 atom stereocenters. The summed E-state index contributed by atoms with van der Waals surface area (Å²) in [5.74, 6) is -0.0433. The molecule has 0 aliphatic carbocycles. The van der Waals surface area contributed by atoms with Crippen molar-refractivity contribution in [2.24, 2.45) is 0 Å². The van der Waals surface area contributed by atoms with E-state index in [1.807, 2.05) is 0 Å². The van der Waals surface area contributed by atoms with Crippen LogP contribution in [0.5, 0.6) is 0 Å². The second-order valence-electron chi connectivity index (χ2n) is 9.54. The van der Waals surface area contributed by atoms with Crippen molar-refractivity contribution in [2.75, 3.05) is 0 Å². The van der Waals surface area contributed by atoms with E-state index in [2.05, 4.69) is 79.6 Å². The van der Waals surface area contributed by atoms with Gasteiger partial charge in [0.1, 0.15) is 8.24 Å². The molecule has 5 heteroatoms. The first-order valence-electron chi connectivity index (χ1n) is 8.56. The Morgan fingerprint density at radius 3 is 1.77 bits per heavy atom. The number of hydrogen-bond donors (Lipinski definition) is 1. The van der Waals surface area contributed by atoms with Crippen LogP contribution in [0.15, 0.2) is 0 Å². The van der Waals surface area contributed by atoms with E-state index < -0.39 is 16.6 Å². The largest absolute Gasteiger partial charge is 0.518 e. The fourth-order valence-electron chi connectivity index (χ4n) is 1.67. The van der Waals surface area contributed by atoms with Crippen molar-refractivity contribution in [3.8, 4) is 0 Å². The van der Waals surface area contributed by atoms with Crippen molar-refractivity contribution in [3.63, 3.8) is 0 Å². The number of hydrogen-bond acceptors (Lipinski definition) is 3. The fraction of sp³-hybridized carbons (Fsp3) is 0.941. The molecule has 0 amide bonds. The lowest BCUT2D eigenvalue weighted by molar-refractivity contribution is -0.137. The lowest BCUT2D eigenvalue weighted by Crippen LogP contribution is -2.59. The molecule has 0 fully saturated rings. The normalized spacial score (nSPS) is 15.6. The second-order valence-corrected chi connectivity index (χ2v) is 19.3. The van der Waals surface area contributed by atoms with E-state index in [4.69, 9.17) is 4.43 Å². The Bertz CT molecular complexity index is 379. The molecule has 1 N–H and O–H groups in total. The first kappa shape index (κ1) is 21.9. The Labute approximate surface area is 140 Å².